The van der Waals surface area contributed by atoms with E-state index in [1.54, 1.807) is 7.05 Å². The molecule has 1 N–H and O–H groups in total. The van der Waals surface area contributed by atoms with Crippen LogP contribution in [0.15, 0.2) is 33.9 Å². The number of anilines is 1. The summed E-state index contributed by atoms with van der Waals surface area (Å²) in [5.74, 6) is -0.0208. The van der Waals surface area contributed by atoms with E-state index in [0.717, 1.165) is 47.3 Å². The van der Waals surface area contributed by atoms with Gasteiger partial charge in [-0.25, -0.2) is 9.78 Å². The van der Waals surface area contributed by atoms with E-state index in [1.165, 1.54) is 22.9 Å². The van der Waals surface area contributed by atoms with Crippen LogP contribution in [0.2, 0.25) is 0 Å². The van der Waals surface area contributed by atoms with Crippen molar-refractivity contribution in [1.82, 2.24) is 19.4 Å². The number of aryl methyl sites for hydroxylation is 4. The van der Waals surface area contributed by atoms with Crippen molar-refractivity contribution in [3.63, 3.8) is 0 Å². The second-order valence-corrected chi connectivity index (χ2v) is 8.77. The van der Waals surface area contributed by atoms with Gasteiger partial charge in [0.2, 0.25) is 5.91 Å². The van der Waals surface area contributed by atoms with Gasteiger partial charge in [-0.2, -0.15) is 0 Å². The Morgan fingerprint density at radius 2 is 1.88 bits per heavy atom. The Morgan fingerprint density at radius 1 is 1.12 bits per heavy atom. The van der Waals surface area contributed by atoms with Crippen LogP contribution in [-0.2, 0) is 31.7 Å². The van der Waals surface area contributed by atoms with Gasteiger partial charge in [0, 0.05) is 51.5 Å². The number of nitrogens with one attached hydrogen (secondary N) is 1. The summed E-state index contributed by atoms with van der Waals surface area (Å²) in [5.41, 5.74) is 4.67. The molecule has 4 rings (SSSR count). The number of carbonyl (C=O) groups is 1. The fraction of sp³-hybridized carbons (Fsp3) is 0.440. The summed E-state index contributed by atoms with van der Waals surface area (Å²) in [7, 11) is 3.08. The van der Waals surface area contributed by atoms with Crippen LogP contribution in [0.3, 0.4) is 0 Å². The molecule has 2 aromatic heterocycles. The molecule has 3 aromatic rings. The van der Waals surface area contributed by atoms with E-state index < -0.39 is 5.69 Å². The number of carbonyl (C=O) groups excluding carboxylic acids is 1. The van der Waals surface area contributed by atoms with Crippen LogP contribution < -0.4 is 21.5 Å². The van der Waals surface area contributed by atoms with Crippen LogP contribution in [0.4, 0.5) is 5.69 Å². The molecule has 8 heteroatoms. The molecule has 0 spiro atoms. The number of rotatable bonds is 6. The van der Waals surface area contributed by atoms with Gasteiger partial charge in [0.1, 0.15) is 5.65 Å². The average molecular weight is 450 g/mol. The molecule has 0 radical (unpaired) electrons. The normalized spacial score (nSPS) is 13.3. The number of aromatic nitrogens is 3. The van der Waals surface area contributed by atoms with Gasteiger partial charge in [-0.3, -0.25) is 18.7 Å². The highest BCUT2D eigenvalue weighted by Crippen LogP contribution is 2.26. The minimum absolute atomic E-state index is 0.0208. The zero-order valence-corrected chi connectivity index (χ0v) is 19.8. The van der Waals surface area contributed by atoms with Crippen molar-refractivity contribution in [2.45, 2.75) is 39.5 Å². The van der Waals surface area contributed by atoms with Crippen LogP contribution in [0, 0.1) is 13.8 Å². The summed E-state index contributed by atoms with van der Waals surface area (Å²) in [6.07, 6.45) is 3.04. The predicted molar refractivity (Wildman–Crippen MR) is 130 cm³/mol. The van der Waals surface area contributed by atoms with E-state index in [1.807, 2.05) is 13.8 Å². The first-order valence-corrected chi connectivity index (χ1v) is 11.4. The summed E-state index contributed by atoms with van der Waals surface area (Å²) in [6, 6.07) is 8.45. The summed E-state index contributed by atoms with van der Waals surface area (Å²) >= 11 is 0. The minimum atomic E-state index is -0.401. The van der Waals surface area contributed by atoms with Crippen LogP contribution in [0.25, 0.3) is 11.0 Å². The maximum Gasteiger partial charge on any atom is 0.332 e. The minimum Gasteiger partial charge on any atom is -0.370 e. The standard InChI is InChI=1S/C25H31N5O3/c1-16-19(17(2)27-23-22(16)24(32)29(4)25(33)28(23)3)11-12-21(31)26-13-15-30-14-7-9-18-8-5-6-10-20(18)30/h5-6,8,10H,7,9,11-15H2,1-4H3,(H,26,31). The van der Waals surface area contributed by atoms with Gasteiger partial charge in [0.15, 0.2) is 0 Å². The first-order chi connectivity index (χ1) is 15.8. The van der Waals surface area contributed by atoms with Gasteiger partial charge in [-0.1, -0.05) is 18.2 Å². The highest BCUT2D eigenvalue weighted by molar-refractivity contribution is 5.80. The lowest BCUT2D eigenvalue weighted by Crippen LogP contribution is -2.38. The van der Waals surface area contributed by atoms with E-state index in [4.69, 9.17) is 0 Å². The van der Waals surface area contributed by atoms with Gasteiger partial charge >= 0.3 is 5.69 Å². The Kier molecular flexibility index (Phi) is 6.35. The van der Waals surface area contributed by atoms with E-state index in [-0.39, 0.29) is 11.5 Å². The van der Waals surface area contributed by atoms with Crippen molar-refractivity contribution in [3.8, 4) is 0 Å². The zero-order valence-electron chi connectivity index (χ0n) is 19.8. The predicted octanol–water partition coefficient (Wildman–Crippen LogP) is 1.75. The second-order valence-electron chi connectivity index (χ2n) is 8.77. The number of pyridine rings is 1. The molecule has 0 bridgehead atoms. The van der Waals surface area contributed by atoms with Crippen molar-refractivity contribution in [3.05, 3.63) is 67.5 Å². The lowest BCUT2D eigenvalue weighted by atomic mass is 10.00. The molecule has 1 aliphatic heterocycles. The Hall–Kier alpha value is -3.42. The summed E-state index contributed by atoms with van der Waals surface area (Å²) in [4.78, 5) is 44.4. The lowest BCUT2D eigenvalue weighted by Gasteiger charge is -2.31. The molecule has 0 fully saturated rings. The fourth-order valence-corrected chi connectivity index (χ4v) is 4.81. The van der Waals surface area contributed by atoms with E-state index in [2.05, 4.69) is 39.5 Å². The maximum absolute atomic E-state index is 12.7. The molecule has 0 atom stereocenters. The Morgan fingerprint density at radius 3 is 2.67 bits per heavy atom. The number of nitrogens with zero attached hydrogens (tertiary/aromatic N) is 4. The molecular weight excluding hydrogens is 418 g/mol. The number of para-hydroxylation sites is 1. The van der Waals surface area contributed by atoms with Crippen molar-refractivity contribution in [1.29, 1.82) is 0 Å². The highest BCUT2D eigenvalue weighted by Gasteiger charge is 2.18. The third-order valence-electron chi connectivity index (χ3n) is 6.68. The van der Waals surface area contributed by atoms with E-state index in [0.29, 0.717) is 30.4 Å². The molecule has 33 heavy (non-hydrogen) atoms. The fourth-order valence-electron chi connectivity index (χ4n) is 4.81. The summed E-state index contributed by atoms with van der Waals surface area (Å²) in [5, 5.41) is 3.47. The highest BCUT2D eigenvalue weighted by atomic mass is 16.2. The van der Waals surface area contributed by atoms with Crippen LogP contribution in [0.1, 0.15) is 35.2 Å². The van der Waals surface area contributed by atoms with Gasteiger partial charge in [0.25, 0.3) is 5.56 Å². The zero-order chi connectivity index (χ0) is 23.7. The second kappa shape index (κ2) is 9.21. The Labute approximate surface area is 192 Å². The lowest BCUT2D eigenvalue weighted by molar-refractivity contribution is -0.120. The molecule has 0 saturated carbocycles. The van der Waals surface area contributed by atoms with Gasteiger partial charge in [-0.05, 0) is 55.9 Å². The molecule has 1 aliphatic rings. The molecule has 174 valence electrons. The number of hydrogen-bond acceptors (Lipinski definition) is 5. The van der Waals surface area contributed by atoms with Crippen LogP contribution >= 0.6 is 0 Å². The molecule has 8 nitrogen and oxygen atoms in total. The van der Waals surface area contributed by atoms with Crippen molar-refractivity contribution < 1.29 is 4.79 Å². The largest absolute Gasteiger partial charge is 0.370 e. The number of hydrogen-bond donors (Lipinski definition) is 1. The van der Waals surface area contributed by atoms with Crippen molar-refractivity contribution in [2.75, 3.05) is 24.5 Å². The topological polar surface area (TPSA) is 89.2 Å². The van der Waals surface area contributed by atoms with Crippen molar-refractivity contribution in [2.24, 2.45) is 14.1 Å². The molecule has 1 amide bonds. The third kappa shape index (κ3) is 4.29. The van der Waals surface area contributed by atoms with Crippen LogP contribution in [-0.4, -0.2) is 39.7 Å². The van der Waals surface area contributed by atoms with E-state index >= 15 is 0 Å². The quantitative estimate of drug-likeness (QED) is 0.619. The summed E-state index contributed by atoms with van der Waals surface area (Å²) in [6.45, 7) is 6.09. The number of amides is 1. The number of benzene rings is 1. The maximum atomic E-state index is 12.7. The van der Waals surface area contributed by atoms with E-state index in [9.17, 15) is 14.4 Å². The van der Waals surface area contributed by atoms with Crippen LogP contribution in [0.5, 0.6) is 0 Å². The first kappa shape index (κ1) is 22.8. The average Bonchev–Trinajstić information content (AvgIpc) is 2.81. The van der Waals surface area contributed by atoms with Gasteiger partial charge < -0.3 is 10.2 Å². The molecule has 0 aliphatic carbocycles. The van der Waals surface area contributed by atoms with Crippen molar-refractivity contribution >= 4 is 22.6 Å². The molecule has 0 unspecified atom stereocenters. The SMILES string of the molecule is Cc1nc2c(c(C)c1CCC(=O)NCCN1CCCc3ccccc31)c(=O)n(C)c(=O)n2C. The molecule has 1 aromatic carbocycles. The molecule has 0 saturated heterocycles. The molecule has 3 heterocycles. The van der Waals surface area contributed by atoms with Gasteiger partial charge in [0.05, 0.1) is 5.39 Å². The third-order valence-corrected chi connectivity index (χ3v) is 6.68. The smallest absolute Gasteiger partial charge is 0.332 e. The Bertz CT molecular complexity index is 1340. The molecular formula is C25H31N5O3. The first-order valence-electron chi connectivity index (χ1n) is 11.4. The summed E-state index contributed by atoms with van der Waals surface area (Å²) < 4.78 is 2.49. The number of fused-ring (bicyclic) bond motifs is 2. The van der Waals surface area contributed by atoms with Gasteiger partial charge in [-0.15, -0.1) is 0 Å². The Balaban J connectivity index is 1.42. The monoisotopic (exact) mass is 449 g/mol.